The molecule has 0 aliphatic carbocycles. The number of rotatable bonds is 2. The van der Waals surface area contributed by atoms with Gasteiger partial charge in [0, 0.05) is 12.2 Å². The van der Waals surface area contributed by atoms with E-state index in [1.165, 1.54) is 24.0 Å². The van der Waals surface area contributed by atoms with Crippen LogP contribution < -0.4 is 0 Å². The summed E-state index contributed by atoms with van der Waals surface area (Å²) in [7, 11) is 0. The third-order valence-corrected chi connectivity index (χ3v) is 4.66. The van der Waals surface area contributed by atoms with Crippen LogP contribution in [0.3, 0.4) is 0 Å². The first kappa shape index (κ1) is 17.4. The van der Waals surface area contributed by atoms with E-state index in [0.29, 0.717) is 17.5 Å². The van der Waals surface area contributed by atoms with E-state index in [2.05, 4.69) is 10.1 Å². The van der Waals surface area contributed by atoms with Crippen LogP contribution in [-0.2, 0) is 6.18 Å². The monoisotopic (exact) mass is 378 g/mol. The summed E-state index contributed by atoms with van der Waals surface area (Å²) in [5.74, 6) is -0.824. The smallest absolute Gasteiger partial charge is 0.331 e. The minimum Gasteiger partial charge on any atom is -0.331 e. The van der Waals surface area contributed by atoms with Crippen LogP contribution in [0.25, 0.3) is 5.65 Å². The van der Waals surface area contributed by atoms with Gasteiger partial charge in [-0.1, -0.05) is 12.1 Å². The Kier molecular flexibility index (Phi) is 3.90. The number of likely N-dealkylation sites (tertiary alicyclic amines) is 1. The highest BCUT2D eigenvalue weighted by Gasteiger charge is 2.38. The van der Waals surface area contributed by atoms with Crippen molar-refractivity contribution < 1.29 is 22.4 Å². The fourth-order valence-corrected chi connectivity index (χ4v) is 3.25. The molecule has 0 N–H and O–H groups in total. The van der Waals surface area contributed by atoms with E-state index in [1.807, 2.05) is 0 Å². The van der Waals surface area contributed by atoms with Gasteiger partial charge in [0.05, 0.1) is 12.2 Å². The molecule has 3 aromatic rings. The second-order valence-corrected chi connectivity index (χ2v) is 6.43. The summed E-state index contributed by atoms with van der Waals surface area (Å²) in [6.07, 6.45) is -2.82. The van der Waals surface area contributed by atoms with Gasteiger partial charge in [0.15, 0.2) is 5.65 Å². The lowest BCUT2D eigenvalue weighted by atomic mass is 9.94. The molecule has 0 radical (unpaired) electrons. The Labute approximate surface area is 151 Å². The van der Waals surface area contributed by atoms with Crippen LogP contribution in [0.15, 0.2) is 36.5 Å². The number of nitrogens with zero attached hydrogens (tertiary/aromatic N) is 4. The van der Waals surface area contributed by atoms with E-state index in [-0.39, 0.29) is 28.8 Å². The molecule has 1 saturated heterocycles. The highest BCUT2D eigenvalue weighted by atomic mass is 19.4. The van der Waals surface area contributed by atoms with Crippen LogP contribution in [-0.4, -0.2) is 31.9 Å². The van der Waals surface area contributed by atoms with Crippen molar-refractivity contribution in [2.75, 3.05) is 6.54 Å². The Hall–Kier alpha value is -2.97. The van der Waals surface area contributed by atoms with E-state index in [1.54, 1.807) is 12.1 Å². The van der Waals surface area contributed by atoms with Crippen molar-refractivity contribution in [2.24, 2.45) is 0 Å². The zero-order valence-corrected chi connectivity index (χ0v) is 14.2. The molecule has 1 aromatic carbocycles. The number of hydrogen-bond donors (Lipinski definition) is 0. The van der Waals surface area contributed by atoms with Crippen molar-refractivity contribution in [3.05, 3.63) is 64.9 Å². The number of fused-ring (bicyclic) bond motifs is 1. The predicted octanol–water partition coefficient (Wildman–Crippen LogP) is 3.78. The largest absolute Gasteiger partial charge is 0.433 e. The number of aromatic nitrogens is 3. The minimum absolute atomic E-state index is 0.0102. The van der Waals surface area contributed by atoms with Gasteiger partial charge < -0.3 is 4.90 Å². The number of alkyl halides is 3. The third-order valence-electron chi connectivity index (χ3n) is 4.66. The van der Waals surface area contributed by atoms with Gasteiger partial charge in [0.25, 0.3) is 5.91 Å². The van der Waals surface area contributed by atoms with Crippen molar-refractivity contribution in [1.29, 1.82) is 0 Å². The number of aryl methyl sites for hydroxylation is 1. The molecular formula is C18H14F4N4O. The van der Waals surface area contributed by atoms with Crippen molar-refractivity contribution in [3.8, 4) is 0 Å². The minimum atomic E-state index is -4.62. The van der Waals surface area contributed by atoms with Gasteiger partial charge in [0.2, 0.25) is 0 Å². The molecule has 1 fully saturated rings. The van der Waals surface area contributed by atoms with Gasteiger partial charge >= 0.3 is 6.18 Å². The van der Waals surface area contributed by atoms with Crippen molar-refractivity contribution in [1.82, 2.24) is 19.5 Å². The molecule has 3 heterocycles. The second-order valence-electron chi connectivity index (χ2n) is 6.43. The molecule has 140 valence electrons. The lowest BCUT2D eigenvalue weighted by Crippen LogP contribution is -2.45. The van der Waals surface area contributed by atoms with Gasteiger partial charge in [-0.05, 0) is 37.1 Å². The van der Waals surface area contributed by atoms with E-state index in [4.69, 9.17) is 0 Å². The number of benzene rings is 1. The molecule has 0 unspecified atom stereocenters. The summed E-state index contributed by atoms with van der Waals surface area (Å²) in [6.45, 7) is 1.89. The standard InChI is InChI=1S/C18H14F4N4O/c1-10-8-15(18(20,21)22)26-16(24-10)13(9-23-26)17(27)25-7-6-14(25)11-2-4-12(19)5-3-11/h2-5,8-9,14H,6-7H2,1H3/t14-/m1/s1. The number of hydrogen-bond acceptors (Lipinski definition) is 3. The van der Waals surface area contributed by atoms with Crippen LogP contribution in [0, 0.1) is 12.7 Å². The molecule has 5 nitrogen and oxygen atoms in total. The number of amides is 1. The molecule has 9 heteroatoms. The summed E-state index contributed by atoms with van der Waals surface area (Å²) >= 11 is 0. The highest BCUT2D eigenvalue weighted by Crippen LogP contribution is 2.36. The third kappa shape index (κ3) is 2.92. The Morgan fingerprint density at radius 2 is 1.93 bits per heavy atom. The second kappa shape index (κ2) is 6.04. The Balaban J connectivity index is 1.71. The average molecular weight is 378 g/mol. The molecule has 1 aliphatic rings. The Morgan fingerprint density at radius 3 is 2.52 bits per heavy atom. The molecule has 2 aromatic heterocycles. The van der Waals surface area contributed by atoms with E-state index in [9.17, 15) is 22.4 Å². The maximum atomic E-state index is 13.2. The van der Waals surface area contributed by atoms with Crippen LogP contribution in [0.5, 0.6) is 0 Å². The quantitative estimate of drug-likeness (QED) is 0.638. The highest BCUT2D eigenvalue weighted by molar-refractivity contribution is 6.00. The first-order chi connectivity index (χ1) is 12.8. The van der Waals surface area contributed by atoms with E-state index < -0.39 is 17.8 Å². The lowest BCUT2D eigenvalue weighted by molar-refractivity contribution is -0.142. The van der Waals surface area contributed by atoms with E-state index >= 15 is 0 Å². The first-order valence-electron chi connectivity index (χ1n) is 8.25. The molecule has 0 saturated carbocycles. The summed E-state index contributed by atoms with van der Waals surface area (Å²) in [5, 5.41) is 3.73. The average Bonchev–Trinajstić information content (AvgIpc) is 2.97. The van der Waals surface area contributed by atoms with Crippen molar-refractivity contribution >= 4 is 11.6 Å². The molecule has 1 atom stereocenters. The van der Waals surface area contributed by atoms with Gasteiger partial charge in [-0.15, -0.1) is 0 Å². The van der Waals surface area contributed by atoms with Crippen LogP contribution in [0.1, 0.15) is 39.8 Å². The van der Waals surface area contributed by atoms with Crippen molar-refractivity contribution in [2.45, 2.75) is 25.6 Å². The fourth-order valence-electron chi connectivity index (χ4n) is 3.25. The van der Waals surface area contributed by atoms with Gasteiger partial charge in [-0.3, -0.25) is 4.79 Å². The summed E-state index contributed by atoms with van der Waals surface area (Å²) in [5.41, 5.74) is -0.188. The number of carbonyl (C=O) groups excluding carboxylic acids is 1. The number of halogens is 4. The van der Waals surface area contributed by atoms with Crippen LogP contribution in [0.2, 0.25) is 0 Å². The Bertz CT molecular complexity index is 1030. The molecular weight excluding hydrogens is 364 g/mol. The normalized spacial score (nSPS) is 17.2. The maximum Gasteiger partial charge on any atom is 0.433 e. The number of carbonyl (C=O) groups is 1. The molecule has 27 heavy (non-hydrogen) atoms. The predicted molar refractivity (Wildman–Crippen MR) is 87.5 cm³/mol. The van der Waals surface area contributed by atoms with Crippen LogP contribution >= 0.6 is 0 Å². The summed E-state index contributed by atoms with van der Waals surface area (Å²) in [4.78, 5) is 18.5. The Morgan fingerprint density at radius 1 is 1.22 bits per heavy atom. The molecule has 0 bridgehead atoms. The maximum absolute atomic E-state index is 13.2. The molecule has 4 rings (SSSR count). The fraction of sp³-hybridized carbons (Fsp3) is 0.278. The lowest BCUT2D eigenvalue weighted by Gasteiger charge is -2.41. The molecule has 1 amide bonds. The van der Waals surface area contributed by atoms with Gasteiger partial charge in [-0.25, -0.2) is 13.9 Å². The van der Waals surface area contributed by atoms with Crippen molar-refractivity contribution in [3.63, 3.8) is 0 Å². The first-order valence-corrected chi connectivity index (χ1v) is 8.25. The van der Waals surface area contributed by atoms with Gasteiger partial charge in [0.1, 0.15) is 17.1 Å². The summed E-state index contributed by atoms with van der Waals surface area (Å²) < 4.78 is 53.5. The summed E-state index contributed by atoms with van der Waals surface area (Å²) in [6, 6.07) is 6.46. The topological polar surface area (TPSA) is 50.5 Å². The van der Waals surface area contributed by atoms with E-state index in [0.717, 1.165) is 17.8 Å². The zero-order chi connectivity index (χ0) is 19.3. The van der Waals surface area contributed by atoms with Crippen LogP contribution in [0.4, 0.5) is 17.6 Å². The molecule has 0 spiro atoms. The molecule has 1 aliphatic heterocycles. The zero-order valence-electron chi connectivity index (χ0n) is 14.2. The SMILES string of the molecule is Cc1cc(C(F)(F)F)n2ncc(C(=O)N3CC[C@@H]3c3ccc(F)cc3)c2n1. The van der Waals surface area contributed by atoms with Gasteiger partial charge in [-0.2, -0.15) is 18.3 Å².